The molecule has 0 spiro atoms. The molecule has 2 rings (SSSR count). The van der Waals surface area contributed by atoms with Gasteiger partial charge in [0.2, 0.25) is 17.7 Å². The number of nitrogens with one attached hydrogen (secondary N) is 4. The zero-order valence-corrected chi connectivity index (χ0v) is 22.0. The van der Waals surface area contributed by atoms with Crippen molar-refractivity contribution in [3.63, 3.8) is 0 Å². The van der Waals surface area contributed by atoms with Gasteiger partial charge >= 0.3 is 5.97 Å². The Morgan fingerprint density at radius 2 is 1.61 bits per heavy atom. The zero-order valence-electron chi connectivity index (χ0n) is 21.1. The number of benzene rings is 1. The number of nitrogens with two attached hydrogens (primary N) is 1. The van der Waals surface area contributed by atoms with Crippen molar-refractivity contribution >= 4 is 47.2 Å². The molecule has 0 aliphatic heterocycles. The zero-order chi connectivity index (χ0) is 27.0. The second-order valence-corrected chi connectivity index (χ2v) is 9.72. The lowest BCUT2D eigenvalue weighted by Crippen LogP contribution is -2.60. The van der Waals surface area contributed by atoms with Gasteiger partial charge in [0.15, 0.2) is 0 Å². The first-order valence-corrected chi connectivity index (χ1v) is 12.7. The van der Waals surface area contributed by atoms with Gasteiger partial charge in [0, 0.05) is 22.9 Å². The standard InChI is InChI=1S/C25H37N5O5S/c1-5-14(4)21(24(33)29-20(13(2)3)23(32)28-19(12-36)25(34)35)30-22(31)17(26)10-15-11-27-18-9-7-6-8-16(15)18/h6-9,11,13-14,17,19-21,27,36H,5,10,12,26H2,1-4H3,(H,28,32)(H,29,33)(H,30,31)(H,34,35). The molecule has 2 aromatic rings. The smallest absolute Gasteiger partial charge is 0.327 e. The van der Waals surface area contributed by atoms with E-state index in [1.54, 1.807) is 13.8 Å². The number of thiol groups is 1. The number of carboxylic acid groups (broad SMARTS) is 1. The molecule has 7 N–H and O–H groups in total. The number of aromatic amines is 1. The highest BCUT2D eigenvalue weighted by Gasteiger charge is 2.33. The molecule has 0 radical (unpaired) electrons. The maximum atomic E-state index is 13.2. The first kappa shape index (κ1) is 29.2. The maximum absolute atomic E-state index is 13.2. The first-order valence-electron chi connectivity index (χ1n) is 12.0. The highest BCUT2D eigenvalue weighted by atomic mass is 32.1. The van der Waals surface area contributed by atoms with Crippen molar-refractivity contribution in [2.75, 3.05) is 5.75 Å². The van der Waals surface area contributed by atoms with Crippen LogP contribution < -0.4 is 21.7 Å². The number of amides is 3. The van der Waals surface area contributed by atoms with Crippen LogP contribution in [0.1, 0.15) is 39.7 Å². The average molecular weight is 520 g/mol. The fraction of sp³-hybridized carbons (Fsp3) is 0.520. The first-order chi connectivity index (χ1) is 17.0. The Morgan fingerprint density at radius 3 is 2.19 bits per heavy atom. The van der Waals surface area contributed by atoms with E-state index in [4.69, 9.17) is 5.73 Å². The van der Waals surface area contributed by atoms with Crippen LogP contribution in [0.5, 0.6) is 0 Å². The molecule has 0 aliphatic carbocycles. The van der Waals surface area contributed by atoms with Gasteiger partial charge in [0.05, 0.1) is 6.04 Å². The van der Waals surface area contributed by atoms with Gasteiger partial charge in [0.1, 0.15) is 18.1 Å². The molecule has 1 aromatic carbocycles. The number of carboxylic acids is 1. The van der Waals surface area contributed by atoms with E-state index >= 15 is 0 Å². The van der Waals surface area contributed by atoms with E-state index in [2.05, 4.69) is 33.6 Å². The lowest BCUT2D eigenvalue weighted by Gasteiger charge is -2.29. The second kappa shape index (κ2) is 13.3. The summed E-state index contributed by atoms with van der Waals surface area (Å²) in [5.74, 6) is -3.54. The summed E-state index contributed by atoms with van der Waals surface area (Å²) in [7, 11) is 0. The highest BCUT2D eigenvalue weighted by Crippen LogP contribution is 2.19. The molecule has 0 aliphatic rings. The summed E-state index contributed by atoms with van der Waals surface area (Å²) in [6, 6.07) is 3.70. The van der Waals surface area contributed by atoms with E-state index in [-0.39, 0.29) is 24.0 Å². The Balaban J connectivity index is 2.12. The van der Waals surface area contributed by atoms with E-state index in [9.17, 15) is 24.3 Å². The Bertz CT molecular complexity index is 1070. The topological polar surface area (TPSA) is 166 Å². The molecule has 0 saturated carbocycles. The predicted molar refractivity (Wildman–Crippen MR) is 142 cm³/mol. The lowest BCUT2D eigenvalue weighted by atomic mass is 9.95. The van der Waals surface area contributed by atoms with Crippen LogP contribution in [0.2, 0.25) is 0 Å². The van der Waals surface area contributed by atoms with Gasteiger partial charge in [-0.1, -0.05) is 52.3 Å². The monoisotopic (exact) mass is 519 g/mol. The molecule has 1 heterocycles. The number of fused-ring (bicyclic) bond motifs is 1. The van der Waals surface area contributed by atoms with Crippen molar-refractivity contribution in [2.45, 2.75) is 64.7 Å². The van der Waals surface area contributed by atoms with Crippen LogP contribution in [-0.4, -0.2) is 63.7 Å². The van der Waals surface area contributed by atoms with Crippen molar-refractivity contribution < 1.29 is 24.3 Å². The van der Waals surface area contributed by atoms with Gasteiger partial charge in [-0.3, -0.25) is 14.4 Å². The van der Waals surface area contributed by atoms with E-state index in [0.717, 1.165) is 16.5 Å². The van der Waals surface area contributed by atoms with Crippen LogP contribution in [-0.2, 0) is 25.6 Å². The van der Waals surface area contributed by atoms with Gasteiger partial charge in [-0.15, -0.1) is 0 Å². The fourth-order valence-corrected chi connectivity index (χ4v) is 4.06. The molecule has 10 nitrogen and oxygen atoms in total. The summed E-state index contributed by atoms with van der Waals surface area (Å²) in [5, 5.41) is 18.0. The van der Waals surface area contributed by atoms with Crippen molar-refractivity contribution in [3.05, 3.63) is 36.0 Å². The minimum Gasteiger partial charge on any atom is -0.480 e. The lowest BCUT2D eigenvalue weighted by molar-refractivity contribution is -0.142. The summed E-state index contributed by atoms with van der Waals surface area (Å²) in [5.41, 5.74) is 8.04. The number of hydrogen-bond donors (Lipinski definition) is 7. The predicted octanol–water partition coefficient (Wildman–Crippen LogP) is 1.21. The fourth-order valence-electron chi connectivity index (χ4n) is 3.82. The number of carbonyl (C=O) groups is 4. The third kappa shape index (κ3) is 7.47. The Labute approximate surface area is 216 Å². The molecule has 3 amide bonds. The van der Waals surface area contributed by atoms with Gasteiger partial charge < -0.3 is 31.8 Å². The minimum atomic E-state index is -1.22. The molecular weight excluding hydrogens is 482 g/mol. The molecule has 0 saturated heterocycles. The molecule has 5 unspecified atom stereocenters. The Hall–Kier alpha value is -3.05. The van der Waals surface area contributed by atoms with Crippen LogP contribution in [0.15, 0.2) is 30.5 Å². The highest BCUT2D eigenvalue weighted by molar-refractivity contribution is 7.80. The summed E-state index contributed by atoms with van der Waals surface area (Å²) < 4.78 is 0. The van der Waals surface area contributed by atoms with Crippen molar-refractivity contribution in [2.24, 2.45) is 17.6 Å². The summed E-state index contributed by atoms with van der Waals surface area (Å²) in [4.78, 5) is 53.4. The minimum absolute atomic E-state index is 0.0975. The van der Waals surface area contributed by atoms with E-state index in [0.29, 0.717) is 6.42 Å². The molecular formula is C25H37N5O5S. The molecule has 36 heavy (non-hydrogen) atoms. The van der Waals surface area contributed by atoms with Crippen LogP contribution >= 0.6 is 12.6 Å². The van der Waals surface area contributed by atoms with Crippen LogP contribution in [0.25, 0.3) is 10.9 Å². The van der Waals surface area contributed by atoms with E-state index in [1.165, 1.54) is 0 Å². The molecule has 11 heteroatoms. The molecule has 0 bridgehead atoms. The molecule has 5 atom stereocenters. The van der Waals surface area contributed by atoms with Crippen LogP contribution in [0, 0.1) is 11.8 Å². The summed E-state index contributed by atoms with van der Waals surface area (Å²) in [6.45, 7) is 7.17. The Morgan fingerprint density at radius 1 is 1.00 bits per heavy atom. The number of carbonyl (C=O) groups excluding carboxylic acids is 3. The Kier molecular flexibility index (Phi) is 10.8. The van der Waals surface area contributed by atoms with Gasteiger partial charge in [-0.25, -0.2) is 4.79 Å². The van der Waals surface area contributed by atoms with Crippen LogP contribution in [0.3, 0.4) is 0 Å². The van der Waals surface area contributed by atoms with Gasteiger partial charge in [-0.05, 0) is 29.9 Å². The number of aliphatic carboxylic acids is 1. The molecule has 1 aromatic heterocycles. The quantitative estimate of drug-likeness (QED) is 0.196. The maximum Gasteiger partial charge on any atom is 0.327 e. The van der Waals surface area contributed by atoms with Crippen molar-refractivity contribution in [1.82, 2.24) is 20.9 Å². The third-order valence-electron chi connectivity index (χ3n) is 6.29. The van der Waals surface area contributed by atoms with Gasteiger partial charge in [0.25, 0.3) is 0 Å². The number of hydrogen-bond acceptors (Lipinski definition) is 6. The van der Waals surface area contributed by atoms with Crippen LogP contribution in [0.4, 0.5) is 0 Å². The third-order valence-corrected chi connectivity index (χ3v) is 6.65. The van der Waals surface area contributed by atoms with Crippen molar-refractivity contribution in [3.8, 4) is 0 Å². The number of aromatic nitrogens is 1. The number of para-hydroxylation sites is 1. The largest absolute Gasteiger partial charge is 0.480 e. The normalized spacial score (nSPS) is 15.5. The van der Waals surface area contributed by atoms with E-state index in [1.807, 2.05) is 44.3 Å². The second-order valence-electron chi connectivity index (χ2n) is 9.35. The number of rotatable bonds is 13. The SMILES string of the molecule is CCC(C)C(NC(=O)C(N)Cc1c[nH]c2ccccc12)C(=O)NC(C(=O)NC(CS)C(=O)O)C(C)C. The van der Waals surface area contributed by atoms with Gasteiger partial charge in [-0.2, -0.15) is 12.6 Å². The van der Waals surface area contributed by atoms with E-state index < -0.39 is 47.9 Å². The van der Waals surface area contributed by atoms with Crippen molar-refractivity contribution in [1.29, 1.82) is 0 Å². The average Bonchev–Trinajstić information content (AvgIpc) is 3.25. The summed E-state index contributed by atoms with van der Waals surface area (Å²) in [6.07, 6.45) is 2.69. The number of H-pyrrole nitrogens is 1. The molecule has 0 fully saturated rings. The molecule has 198 valence electrons. The summed E-state index contributed by atoms with van der Waals surface area (Å²) >= 11 is 3.96.